The molecule has 0 aliphatic heterocycles. The highest BCUT2D eigenvalue weighted by atomic mass is 32.2. The van der Waals surface area contributed by atoms with E-state index in [0.717, 1.165) is 23.1 Å². The van der Waals surface area contributed by atoms with Gasteiger partial charge in [0, 0.05) is 17.5 Å². The molecule has 1 aromatic carbocycles. The Balaban J connectivity index is 2.88. The van der Waals surface area contributed by atoms with Gasteiger partial charge in [0.25, 0.3) is 5.69 Å². The molecular formula is C16H21NO5S. The predicted molar refractivity (Wildman–Crippen MR) is 88.7 cm³/mol. The number of rotatable bonds is 7. The molecule has 6 nitrogen and oxygen atoms in total. The summed E-state index contributed by atoms with van der Waals surface area (Å²) in [4.78, 5) is 9.92. The first kappa shape index (κ1) is 19.1. The van der Waals surface area contributed by atoms with E-state index in [1.165, 1.54) is 25.1 Å². The van der Waals surface area contributed by atoms with Crippen molar-refractivity contribution in [1.82, 2.24) is 0 Å². The number of benzene rings is 1. The first-order chi connectivity index (χ1) is 10.5. The lowest BCUT2D eigenvalue weighted by atomic mass is 10.00. The van der Waals surface area contributed by atoms with Crippen LogP contribution >= 0.6 is 0 Å². The van der Waals surface area contributed by atoms with Crippen molar-refractivity contribution in [3.05, 3.63) is 57.5 Å². The molecule has 1 N–H and O–H groups in total. The minimum absolute atomic E-state index is 0.0561. The summed E-state index contributed by atoms with van der Waals surface area (Å²) in [5.74, 6) is 0. The predicted octanol–water partition coefficient (Wildman–Crippen LogP) is 3.38. The lowest BCUT2D eigenvalue weighted by Gasteiger charge is -2.17. The van der Waals surface area contributed by atoms with Crippen LogP contribution < -0.4 is 0 Å². The topological polar surface area (TPSA) is 97.5 Å². The molecule has 1 aromatic rings. The number of hydrogen-bond donors (Lipinski definition) is 1. The van der Waals surface area contributed by atoms with Crippen LogP contribution in [0.3, 0.4) is 0 Å². The van der Waals surface area contributed by atoms with E-state index in [-0.39, 0.29) is 10.6 Å². The fourth-order valence-electron chi connectivity index (χ4n) is 1.81. The Kier molecular flexibility index (Phi) is 6.23. The summed E-state index contributed by atoms with van der Waals surface area (Å²) < 4.78 is 24.3. The van der Waals surface area contributed by atoms with Crippen LogP contribution in [0.4, 0.5) is 5.69 Å². The molecule has 0 aliphatic rings. The Morgan fingerprint density at radius 2 is 1.87 bits per heavy atom. The second-order valence-electron chi connectivity index (χ2n) is 5.78. The molecule has 0 aliphatic carbocycles. The van der Waals surface area contributed by atoms with Crippen LogP contribution in [0.15, 0.2) is 52.3 Å². The molecule has 0 fully saturated rings. The van der Waals surface area contributed by atoms with Crippen molar-refractivity contribution in [3.8, 4) is 0 Å². The average molecular weight is 339 g/mol. The molecule has 0 saturated carbocycles. The normalized spacial score (nSPS) is 14.4. The van der Waals surface area contributed by atoms with E-state index in [9.17, 15) is 23.6 Å². The molecule has 1 rings (SSSR count). The van der Waals surface area contributed by atoms with Crippen LogP contribution in [0, 0.1) is 10.1 Å². The number of sulfone groups is 1. The largest absolute Gasteiger partial charge is 0.386 e. The highest BCUT2D eigenvalue weighted by Crippen LogP contribution is 2.20. The number of hydrogen-bond acceptors (Lipinski definition) is 5. The van der Waals surface area contributed by atoms with Crippen LogP contribution in [0.2, 0.25) is 0 Å². The highest BCUT2D eigenvalue weighted by molar-refractivity contribution is 7.94. The quantitative estimate of drug-likeness (QED) is 0.466. The summed E-state index contributed by atoms with van der Waals surface area (Å²) in [5, 5.41) is 21.7. The van der Waals surface area contributed by atoms with Gasteiger partial charge in [0.05, 0.1) is 15.4 Å². The molecule has 0 heterocycles. The Bertz CT molecular complexity index is 711. The number of nitro groups is 1. The van der Waals surface area contributed by atoms with Crippen molar-refractivity contribution in [2.75, 3.05) is 0 Å². The summed E-state index contributed by atoms with van der Waals surface area (Å²) in [6.07, 6.45) is 4.23. The maximum atomic E-state index is 12.2. The summed E-state index contributed by atoms with van der Waals surface area (Å²) in [7, 11) is -3.76. The molecule has 0 amide bonds. The Hall–Kier alpha value is -1.99. The third-order valence-electron chi connectivity index (χ3n) is 3.19. The van der Waals surface area contributed by atoms with Gasteiger partial charge in [-0.15, -0.1) is 0 Å². The van der Waals surface area contributed by atoms with Gasteiger partial charge < -0.3 is 5.11 Å². The van der Waals surface area contributed by atoms with Crippen molar-refractivity contribution >= 4 is 15.5 Å². The minimum atomic E-state index is -3.76. The molecule has 23 heavy (non-hydrogen) atoms. The maximum absolute atomic E-state index is 12.2. The van der Waals surface area contributed by atoms with Crippen molar-refractivity contribution in [1.29, 1.82) is 0 Å². The van der Waals surface area contributed by atoms with Crippen molar-refractivity contribution in [3.63, 3.8) is 0 Å². The molecule has 126 valence electrons. The highest BCUT2D eigenvalue weighted by Gasteiger charge is 2.19. The summed E-state index contributed by atoms with van der Waals surface area (Å²) in [6.45, 7) is 5.43. The number of aliphatic hydroxyl groups is 1. The van der Waals surface area contributed by atoms with Gasteiger partial charge in [0.1, 0.15) is 0 Å². The summed E-state index contributed by atoms with van der Waals surface area (Å²) in [6, 6.07) is 4.62. The molecule has 1 unspecified atom stereocenters. The minimum Gasteiger partial charge on any atom is -0.386 e. The zero-order valence-corrected chi connectivity index (χ0v) is 14.2. The average Bonchev–Trinajstić information content (AvgIpc) is 2.45. The standard InChI is InChI=1S/C16H21NO5S/c1-13(2)5-4-10-16(3,18)11-12-23(21,22)15-8-6-14(7-9-15)17(19)20/h5-9,11-12,18H,4,10H2,1-3H3. The second kappa shape index (κ2) is 7.52. The van der Waals surface area contributed by atoms with E-state index in [2.05, 4.69) is 0 Å². The molecule has 0 radical (unpaired) electrons. The van der Waals surface area contributed by atoms with Gasteiger partial charge in [-0.25, -0.2) is 8.42 Å². The lowest BCUT2D eigenvalue weighted by Crippen LogP contribution is -2.20. The van der Waals surface area contributed by atoms with Gasteiger partial charge in [0.2, 0.25) is 0 Å². The van der Waals surface area contributed by atoms with Gasteiger partial charge in [-0.3, -0.25) is 10.1 Å². The Morgan fingerprint density at radius 1 is 1.30 bits per heavy atom. The second-order valence-corrected chi connectivity index (χ2v) is 7.61. The smallest absolute Gasteiger partial charge is 0.269 e. The first-order valence-corrected chi connectivity index (χ1v) is 8.63. The van der Waals surface area contributed by atoms with Crippen LogP contribution in [-0.2, 0) is 9.84 Å². The molecule has 7 heteroatoms. The maximum Gasteiger partial charge on any atom is 0.269 e. The third kappa shape index (κ3) is 6.33. The molecular weight excluding hydrogens is 318 g/mol. The SMILES string of the molecule is CC(C)=CCCC(C)(O)C=CS(=O)(=O)c1ccc([N+](=O)[O-])cc1. The van der Waals surface area contributed by atoms with E-state index >= 15 is 0 Å². The van der Waals surface area contributed by atoms with Gasteiger partial charge >= 0.3 is 0 Å². The molecule has 0 saturated heterocycles. The van der Waals surface area contributed by atoms with Crippen molar-refractivity contribution in [2.24, 2.45) is 0 Å². The Labute approximate surface area is 136 Å². The molecule has 0 aromatic heterocycles. The van der Waals surface area contributed by atoms with Crippen molar-refractivity contribution in [2.45, 2.75) is 44.1 Å². The molecule has 0 bridgehead atoms. The lowest BCUT2D eigenvalue weighted by molar-refractivity contribution is -0.384. The van der Waals surface area contributed by atoms with Crippen molar-refractivity contribution < 1.29 is 18.4 Å². The molecule has 0 spiro atoms. The summed E-state index contributed by atoms with van der Waals surface area (Å²) >= 11 is 0. The van der Waals surface area contributed by atoms with E-state index < -0.39 is 20.4 Å². The van der Waals surface area contributed by atoms with E-state index in [1.807, 2.05) is 19.9 Å². The molecule has 1 atom stereocenters. The monoisotopic (exact) mass is 339 g/mol. The van der Waals surface area contributed by atoms with Crippen LogP contribution in [0.25, 0.3) is 0 Å². The number of nitro benzene ring substituents is 1. The zero-order valence-electron chi connectivity index (χ0n) is 13.4. The number of non-ortho nitro benzene ring substituents is 1. The Morgan fingerprint density at radius 3 is 2.35 bits per heavy atom. The first-order valence-electron chi connectivity index (χ1n) is 7.08. The van der Waals surface area contributed by atoms with Gasteiger partial charge in [-0.05, 0) is 51.8 Å². The fraction of sp³-hybridized carbons (Fsp3) is 0.375. The zero-order chi connectivity index (χ0) is 17.7. The van der Waals surface area contributed by atoms with Crippen LogP contribution in [0.1, 0.15) is 33.6 Å². The number of allylic oxidation sites excluding steroid dienone is 2. The van der Waals surface area contributed by atoms with Gasteiger partial charge in [-0.1, -0.05) is 11.6 Å². The van der Waals surface area contributed by atoms with Gasteiger partial charge in [-0.2, -0.15) is 0 Å². The van der Waals surface area contributed by atoms with E-state index in [1.54, 1.807) is 0 Å². The van der Waals surface area contributed by atoms with E-state index in [0.29, 0.717) is 12.8 Å². The van der Waals surface area contributed by atoms with Gasteiger partial charge in [0.15, 0.2) is 9.84 Å². The fourth-order valence-corrected chi connectivity index (χ4v) is 2.95. The van der Waals surface area contributed by atoms with Crippen LogP contribution in [-0.4, -0.2) is 24.0 Å². The third-order valence-corrected chi connectivity index (χ3v) is 4.61. The van der Waals surface area contributed by atoms with Crippen LogP contribution in [0.5, 0.6) is 0 Å². The van der Waals surface area contributed by atoms with E-state index in [4.69, 9.17) is 0 Å². The summed E-state index contributed by atoms with van der Waals surface area (Å²) in [5.41, 5.74) is -0.301. The number of nitrogens with zero attached hydrogens (tertiary/aromatic N) is 1.